The molecule has 60 heavy (non-hydrogen) atoms. The highest BCUT2D eigenvalue weighted by atomic mass is 16.8. The Hall–Kier alpha value is -5.03. The standard InChI is InChI=1S/C46H52O14/c1-30(47)52-29-38-40(56-31(2)48)42(43(45(50)58-38)57-32(3)49)60-46-44(55-27-36-22-14-7-15-23-36)41(54-26-35-20-12-6-13-21-35)39(53-25-34-18-10-5-11-19-34)37(59-46)28-51-24-33-16-8-4-9-17-33/h4-23,37-46,50H,24-29H2,1-3H3/t37-,38-,39-,40-,41+,42+,43-,44-,45+,46-/m1/s1. The number of carbonyl (C=O) groups is 3. The molecule has 4 aromatic carbocycles. The molecule has 0 bridgehead atoms. The predicted octanol–water partition coefficient (Wildman–Crippen LogP) is 5.21. The Kier molecular flexibility index (Phi) is 16.7. The summed E-state index contributed by atoms with van der Waals surface area (Å²) in [5, 5.41) is 11.3. The summed E-state index contributed by atoms with van der Waals surface area (Å²) in [4.78, 5) is 37.0. The van der Waals surface area contributed by atoms with Gasteiger partial charge in [-0.15, -0.1) is 0 Å². The van der Waals surface area contributed by atoms with Crippen LogP contribution < -0.4 is 0 Å². The van der Waals surface area contributed by atoms with Crippen LogP contribution in [0.2, 0.25) is 0 Å². The Labute approximate surface area is 349 Å². The van der Waals surface area contributed by atoms with E-state index < -0.39 is 85.9 Å². The molecule has 6 rings (SSSR count). The Morgan fingerprint density at radius 2 is 0.917 bits per heavy atom. The maximum Gasteiger partial charge on any atom is 0.303 e. The van der Waals surface area contributed by atoms with Crippen molar-refractivity contribution in [2.24, 2.45) is 0 Å². The van der Waals surface area contributed by atoms with Gasteiger partial charge in [-0.1, -0.05) is 121 Å². The van der Waals surface area contributed by atoms with Crippen molar-refractivity contribution in [2.45, 2.75) is 109 Å². The van der Waals surface area contributed by atoms with Gasteiger partial charge in [0.2, 0.25) is 0 Å². The predicted molar refractivity (Wildman–Crippen MR) is 213 cm³/mol. The maximum absolute atomic E-state index is 12.6. The summed E-state index contributed by atoms with van der Waals surface area (Å²) >= 11 is 0. The Morgan fingerprint density at radius 3 is 1.40 bits per heavy atom. The number of aliphatic hydroxyl groups excluding tert-OH is 1. The van der Waals surface area contributed by atoms with Crippen molar-refractivity contribution in [2.75, 3.05) is 13.2 Å². The first-order valence-electron chi connectivity index (χ1n) is 19.8. The topological polar surface area (TPSA) is 164 Å². The summed E-state index contributed by atoms with van der Waals surface area (Å²) < 4.78 is 62.4. The molecule has 4 aromatic rings. The first-order valence-corrected chi connectivity index (χ1v) is 19.8. The molecule has 0 radical (unpaired) electrons. The van der Waals surface area contributed by atoms with Crippen LogP contribution in [-0.4, -0.2) is 97.6 Å². The first kappa shape index (κ1) is 44.5. The molecule has 0 spiro atoms. The van der Waals surface area contributed by atoms with Gasteiger partial charge in [-0.2, -0.15) is 0 Å². The Balaban J connectivity index is 1.41. The van der Waals surface area contributed by atoms with Crippen LogP contribution in [0.1, 0.15) is 43.0 Å². The molecule has 0 aromatic heterocycles. The van der Waals surface area contributed by atoms with Crippen LogP contribution >= 0.6 is 0 Å². The zero-order valence-corrected chi connectivity index (χ0v) is 33.8. The lowest BCUT2D eigenvalue weighted by Gasteiger charge is -2.49. The van der Waals surface area contributed by atoms with Crippen molar-refractivity contribution < 1.29 is 66.9 Å². The number of rotatable bonds is 19. The molecule has 0 aliphatic carbocycles. The number of carbonyl (C=O) groups excluding carboxylic acids is 3. The van der Waals surface area contributed by atoms with Crippen molar-refractivity contribution in [3.8, 4) is 0 Å². The summed E-state index contributed by atoms with van der Waals surface area (Å²) in [6.45, 7) is 3.81. The molecular formula is C46H52O14. The molecule has 1 N–H and O–H groups in total. The number of hydrogen-bond donors (Lipinski definition) is 1. The molecular weight excluding hydrogens is 776 g/mol. The summed E-state index contributed by atoms with van der Waals surface area (Å²) in [6.07, 6.45) is -12.4. The van der Waals surface area contributed by atoms with Crippen molar-refractivity contribution >= 4 is 17.9 Å². The van der Waals surface area contributed by atoms with E-state index in [0.717, 1.165) is 29.2 Å². The molecule has 0 amide bonds. The Bertz CT molecular complexity index is 1900. The minimum Gasteiger partial charge on any atom is -0.463 e. The van der Waals surface area contributed by atoms with Crippen LogP contribution in [0.15, 0.2) is 121 Å². The number of benzene rings is 4. The molecule has 2 fully saturated rings. The summed E-state index contributed by atoms with van der Waals surface area (Å²) in [7, 11) is 0. The van der Waals surface area contributed by atoms with Crippen LogP contribution in [0.5, 0.6) is 0 Å². The average molecular weight is 829 g/mol. The molecule has 0 saturated carbocycles. The zero-order chi connectivity index (χ0) is 42.3. The molecule has 10 atom stereocenters. The average Bonchev–Trinajstić information content (AvgIpc) is 3.24. The van der Waals surface area contributed by atoms with Gasteiger partial charge in [0.05, 0.1) is 33.0 Å². The normalized spacial score (nSPS) is 26.5. The second kappa shape index (κ2) is 22.5. The van der Waals surface area contributed by atoms with E-state index >= 15 is 0 Å². The van der Waals surface area contributed by atoms with E-state index in [9.17, 15) is 19.5 Å². The molecule has 2 heterocycles. The van der Waals surface area contributed by atoms with Gasteiger partial charge in [-0.3, -0.25) is 14.4 Å². The molecule has 2 aliphatic heterocycles. The van der Waals surface area contributed by atoms with E-state index in [4.69, 9.17) is 47.4 Å². The van der Waals surface area contributed by atoms with E-state index in [1.807, 2.05) is 121 Å². The van der Waals surface area contributed by atoms with Crippen LogP contribution in [0, 0.1) is 0 Å². The fraction of sp³-hybridized carbons (Fsp3) is 0.413. The van der Waals surface area contributed by atoms with Gasteiger partial charge in [0.25, 0.3) is 0 Å². The van der Waals surface area contributed by atoms with Crippen molar-refractivity contribution in [1.29, 1.82) is 0 Å². The molecule has 14 heteroatoms. The highest BCUT2D eigenvalue weighted by molar-refractivity contribution is 5.67. The molecule has 320 valence electrons. The Morgan fingerprint density at radius 1 is 0.483 bits per heavy atom. The van der Waals surface area contributed by atoms with Gasteiger partial charge in [-0.25, -0.2) is 0 Å². The van der Waals surface area contributed by atoms with Gasteiger partial charge in [-0.05, 0) is 22.3 Å². The minimum atomic E-state index is -1.80. The van der Waals surface area contributed by atoms with E-state index in [0.29, 0.717) is 0 Å². The highest BCUT2D eigenvalue weighted by Crippen LogP contribution is 2.36. The highest BCUT2D eigenvalue weighted by Gasteiger charge is 2.55. The summed E-state index contributed by atoms with van der Waals surface area (Å²) in [5.74, 6) is -2.16. The summed E-state index contributed by atoms with van der Waals surface area (Å²) in [5.41, 5.74) is 3.57. The second-order valence-corrected chi connectivity index (χ2v) is 14.4. The number of ether oxygens (including phenoxy) is 10. The lowest BCUT2D eigenvalue weighted by atomic mass is 9.95. The van der Waals surface area contributed by atoms with Crippen LogP contribution in [0.3, 0.4) is 0 Å². The fourth-order valence-electron chi connectivity index (χ4n) is 7.05. The number of esters is 3. The summed E-state index contributed by atoms with van der Waals surface area (Å²) in [6, 6.07) is 38.4. The quantitative estimate of drug-likeness (QED) is 0.0968. The third kappa shape index (κ3) is 13.0. The van der Waals surface area contributed by atoms with Gasteiger partial charge < -0.3 is 52.5 Å². The SMILES string of the molecule is CC(=O)OC[C@H]1O[C@H](O)[C@H](OC(C)=O)[C@@H](O[C@H]2O[C@H](COCc3ccccc3)[C@@H](OCc3ccccc3)[C@H](OCc3ccccc3)[C@H]2OCc2ccccc2)[C@@H]1OC(C)=O. The third-order valence-electron chi connectivity index (χ3n) is 9.80. The minimum absolute atomic E-state index is 0.0110. The molecule has 2 saturated heterocycles. The third-order valence-corrected chi connectivity index (χ3v) is 9.80. The smallest absolute Gasteiger partial charge is 0.303 e. The second-order valence-electron chi connectivity index (χ2n) is 14.4. The molecule has 2 aliphatic rings. The van der Waals surface area contributed by atoms with Crippen LogP contribution in [0.4, 0.5) is 0 Å². The van der Waals surface area contributed by atoms with Gasteiger partial charge >= 0.3 is 17.9 Å². The van der Waals surface area contributed by atoms with Crippen molar-refractivity contribution in [1.82, 2.24) is 0 Å². The van der Waals surface area contributed by atoms with E-state index in [-0.39, 0.29) is 33.0 Å². The largest absolute Gasteiger partial charge is 0.463 e. The van der Waals surface area contributed by atoms with Crippen LogP contribution in [0.25, 0.3) is 0 Å². The lowest BCUT2D eigenvalue weighted by molar-refractivity contribution is -0.368. The van der Waals surface area contributed by atoms with E-state index in [1.165, 1.54) is 13.8 Å². The monoisotopic (exact) mass is 828 g/mol. The van der Waals surface area contributed by atoms with Gasteiger partial charge in [0.1, 0.15) is 43.2 Å². The van der Waals surface area contributed by atoms with E-state index in [2.05, 4.69) is 0 Å². The number of aliphatic hydroxyl groups is 1. The fourth-order valence-corrected chi connectivity index (χ4v) is 7.05. The van der Waals surface area contributed by atoms with E-state index in [1.54, 1.807) is 0 Å². The molecule has 14 nitrogen and oxygen atoms in total. The van der Waals surface area contributed by atoms with Gasteiger partial charge in [0.15, 0.2) is 24.8 Å². The van der Waals surface area contributed by atoms with Crippen LogP contribution in [-0.2, 0) is 88.2 Å². The lowest BCUT2D eigenvalue weighted by Crippen LogP contribution is -2.66. The maximum atomic E-state index is 12.6. The zero-order valence-electron chi connectivity index (χ0n) is 33.8. The van der Waals surface area contributed by atoms with Gasteiger partial charge in [0, 0.05) is 20.8 Å². The number of hydrogen-bond acceptors (Lipinski definition) is 14. The van der Waals surface area contributed by atoms with Crippen molar-refractivity contribution in [3.05, 3.63) is 144 Å². The van der Waals surface area contributed by atoms with Crippen molar-refractivity contribution in [3.63, 3.8) is 0 Å². The molecule has 0 unspecified atom stereocenters. The first-order chi connectivity index (χ1) is 29.1.